The second-order valence-corrected chi connectivity index (χ2v) is 18.2. The van der Waals surface area contributed by atoms with E-state index in [1.165, 1.54) is 116 Å². The fourth-order valence-corrected chi connectivity index (χ4v) is 8.93. The number of hydrogen-bond donors (Lipinski definition) is 0. The molecule has 1 fully saturated rings. The maximum absolute atomic E-state index is 2.66. The minimum atomic E-state index is 0.475. The smallest absolute Gasteiger partial charge is 0.0257 e. The van der Waals surface area contributed by atoms with Crippen LogP contribution in [-0.2, 0) is 0 Å². The third-order valence-corrected chi connectivity index (χ3v) is 13.3. The summed E-state index contributed by atoms with van der Waals surface area (Å²) in [5, 5.41) is 0. The molecule has 0 heteroatoms. The SMILES string of the molecule is CCCC(C)CC1C(CCCCC(CC)CC(CC)CC=CCC(C)C(C)C)CC1CC(C)C=C(C)CCC(C)C(C)(C)CCC. The van der Waals surface area contributed by atoms with Crippen molar-refractivity contribution in [1.82, 2.24) is 0 Å². The average Bonchev–Trinajstić information content (AvgIpc) is 2.99. The van der Waals surface area contributed by atoms with Crippen LogP contribution in [0.2, 0.25) is 0 Å². The van der Waals surface area contributed by atoms with E-state index in [0.29, 0.717) is 5.41 Å². The number of rotatable bonds is 27. The first-order valence-corrected chi connectivity index (χ1v) is 21.1. The Balaban J connectivity index is 2.58. The summed E-state index contributed by atoms with van der Waals surface area (Å²) in [6.07, 6.45) is 32.7. The fourth-order valence-electron chi connectivity index (χ4n) is 8.93. The molecule has 0 nitrogen and oxygen atoms in total. The Kier molecular flexibility index (Phi) is 22.5. The molecule has 0 N–H and O–H groups in total. The molecular weight excluding hydrogens is 553 g/mol. The van der Waals surface area contributed by atoms with E-state index in [9.17, 15) is 0 Å². The molecule has 1 saturated carbocycles. The Morgan fingerprint density at radius 2 is 1.43 bits per heavy atom. The molecule has 0 heterocycles. The summed E-state index contributed by atoms with van der Waals surface area (Å²) >= 11 is 0. The van der Waals surface area contributed by atoms with E-state index in [2.05, 4.69) is 108 Å². The Hall–Kier alpha value is -0.520. The Bertz CT molecular complexity index is 797. The first-order chi connectivity index (χ1) is 21.8. The first-order valence-electron chi connectivity index (χ1n) is 21.1. The molecule has 0 aromatic carbocycles. The highest BCUT2D eigenvalue weighted by atomic mass is 14.5. The number of hydrogen-bond acceptors (Lipinski definition) is 0. The molecule has 9 unspecified atom stereocenters. The summed E-state index contributed by atoms with van der Waals surface area (Å²) in [7, 11) is 0. The van der Waals surface area contributed by atoms with Gasteiger partial charge in [-0.2, -0.15) is 0 Å². The van der Waals surface area contributed by atoms with Gasteiger partial charge in [-0.15, -0.1) is 0 Å². The molecule has 0 radical (unpaired) electrons. The van der Waals surface area contributed by atoms with Crippen LogP contribution in [-0.4, -0.2) is 0 Å². The highest BCUT2D eigenvalue weighted by Crippen LogP contribution is 2.50. The second-order valence-electron chi connectivity index (χ2n) is 18.2. The maximum atomic E-state index is 2.66. The monoisotopic (exact) mass is 641 g/mol. The topological polar surface area (TPSA) is 0 Å². The molecule has 0 amide bonds. The highest BCUT2D eigenvalue weighted by molar-refractivity contribution is 5.02. The van der Waals surface area contributed by atoms with Crippen LogP contribution >= 0.6 is 0 Å². The zero-order chi connectivity index (χ0) is 34.7. The van der Waals surface area contributed by atoms with Gasteiger partial charge in [-0.25, -0.2) is 0 Å². The van der Waals surface area contributed by atoms with Crippen LogP contribution in [0.25, 0.3) is 0 Å². The molecule has 0 spiro atoms. The number of unbranched alkanes of at least 4 members (excludes halogenated alkanes) is 1. The molecule has 1 aliphatic carbocycles. The predicted molar refractivity (Wildman–Crippen MR) is 211 cm³/mol. The van der Waals surface area contributed by atoms with Crippen molar-refractivity contribution in [3.05, 3.63) is 23.8 Å². The van der Waals surface area contributed by atoms with Crippen molar-refractivity contribution in [3.63, 3.8) is 0 Å². The quantitative estimate of drug-likeness (QED) is 0.0619. The third kappa shape index (κ3) is 17.2. The van der Waals surface area contributed by atoms with E-state index in [0.717, 1.165) is 59.2 Å². The minimum Gasteiger partial charge on any atom is -0.0883 e. The third-order valence-electron chi connectivity index (χ3n) is 13.3. The molecule has 1 rings (SSSR count). The second kappa shape index (κ2) is 23.8. The fraction of sp³-hybridized carbons (Fsp3) is 0.913. The van der Waals surface area contributed by atoms with Crippen molar-refractivity contribution in [2.75, 3.05) is 0 Å². The summed E-state index contributed by atoms with van der Waals surface area (Å²) in [6, 6.07) is 0. The van der Waals surface area contributed by atoms with E-state index in [-0.39, 0.29) is 0 Å². The predicted octanol–water partition coefficient (Wildman–Crippen LogP) is 15.9. The molecule has 9 atom stereocenters. The highest BCUT2D eigenvalue weighted by Gasteiger charge is 2.40. The zero-order valence-corrected chi connectivity index (χ0v) is 34.2. The van der Waals surface area contributed by atoms with Crippen LogP contribution < -0.4 is 0 Å². The summed E-state index contributed by atoms with van der Waals surface area (Å²) < 4.78 is 0. The lowest BCUT2D eigenvalue weighted by atomic mass is 9.58. The number of allylic oxidation sites excluding steroid dienone is 4. The summed E-state index contributed by atoms with van der Waals surface area (Å²) in [5.74, 6) is 8.80. The molecule has 0 saturated heterocycles. The van der Waals surface area contributed by atoms with Gasteiger partial charge in [0.1, 0.15) is 0 Å². The van der Waals surface area contributed by atoms with E-state index >= 15 is 0 Å². The minimum absolute atomic E-state index is 0.475. The van der Waals surface area contributed by atoms with Gasteiger partial charge in [-0.05, 0) is 129 Å². The van der Waals surface area contributed by atoms with E-state index in [4.69, 9.17) is 0 Å². The van der Waals surface area contributed by atoms with Gasteiger partial charge in [-0.1, -0.05) is 165 Å². The molecule has 0 aliphatic heterocycles. The van der Waals surface area contributed by atoms with E-state index in [1.54, 1.807) is 5.57 Å². The van der Waals surface area contributed by atoms with Crippen LogP contribution in [0.4, 0.5) is 0 Å². The molecular formula is C46H88. The molecule has 0 bridgehead atoms. The van der Waals surface area contributed by atoms with Gasteiger partial charge in [-0.3, -0.25) is 0 Å². The van der Waals surface area contributed by atoms with Crippen LogP contribution in [0.15, 0.2) is 23.8 Å². The van der Waals surface area contributed by atoms with Crippen LogP contribution in [0.5, 0.6) is 0 Å². The lowest BCUT2D eigenvalue weighted by Gasteiger charge is -2.47. The Morgan fingerprint density at radius 3 is 2.04 bits per heavy atom. The van der Waals surface area contributed by atoms with Crippen LogP contribution in [0, 0.1) is 64.6 Å². The largest absolute Gasteiger partial charge is 0.0883 e. The summed E-state index contributed by atoms with van der Waals surface area (Å²) in [6.45, 7) is 31.6. The van der Waals surface area contributed by atoms with Gasteiger partial charge in [0.05, 0.1) is 0 Å². The van der Waals surface area contributed by atoms with Crippen molar-refractivity contribution in [3.8, 4) is 0 Å². The molecule has 0 aromatic rings. The van der Waals surface area contributed by atoms with Gasteiger partial charge in [0.25, 0.3) is 0 Å². The lowest BCUT2D eigenvalue weighted by Crippen LogP contribution is -2.38. The summed E-state index contributed by atoms with van der Waals surface area (Å²) in [5.41, 5.74) is 2.12. The van der Waals surface area contributed by atoms with Crippen molar-refractivity contribution in [2.24, 2.45) is 64.6 Å². The maximum Gasteiger partial charge on any atom is -0.0257 e. The van der Waals surface area contributed by atoms with E-state index in [1.807, 2.05) is 0 Å². The van der Waals surface area contributed by atoms with Crippen molar-refractivity contribution < 1.29 is 0 Å². The van der Waals surface area contributed by atoms with Crippen molar-refractivity contribution >= 4 is 0 Å². The lowest BCUT2D eigenvalue weighted by molar-refractivity contribution is 0.0282. The van der Waals surface area contributed by atoms with Crippen molar-refractivity contribution in [2.45, 2.75) is 206 Å². The normalized spacial score (nSPS) is 23.3. The average molecular weight is 641 g/mol. The Labute approximate surface area is 293 Å². The van der Waals surface area contributed by atoms with Gasteiger partial charge in [0.2, 0.25) is 0 Å². The first kappa shape index (κ1) is 43.5. The van der Waals surface area contributed by atoms with Crippen molar-refractivity contribution in [1.29, 1.82) is 0 Å². The molecule has 46 heavy (non-hydrogen) atoms. The van der Waals surface area contributed by atoms with E-state index < -0.39 is 0 Å². The van der Waals surface area contributed by atoms with Gasteiger partial charge in [0.15, 0.2) is 0 Å². The summed E-state index contributed by atoms with van der Waals surface area (Å²) in [4.78, 5) is 0. The van der Waals surface area contributed by atoms with Crippen LogP contribution in [0.1, 0.15) is 206 Å². The molecule has 0 aromatic heterocycles. The molecule has 272 valence electrons. The van der Waals surface area contributed by atoms with Gasteiger partial charge < -0.3 is 0 Å². The van der Waals surface area contributed by atoms with Gasteiger partial charge in [0, 0.05) is 0 Å². The standard InChI is InChI=1S/C46H88/c1-14-22-36(7)32-45-43(34-44(45)31-38(9)30-37(8)27-28-40(11)46(12,13)29-15-2)26-21-20-25-42(17-4)33-41(16-3)24-19-18-23-39(10)35(5)6/h18-19,30,35-36,38-45H,14-17,20-29,31-34H2,1-13H3. The van der Waals surface area contributed by atoms with Crippen LogP contribution in [0.3, 0.4) is 0 Å². The zero-order valence-electron chi connectivity index (χ0n) is 34.2. The van der Waals surface area contributed by atoms with Gasteiger partial charge >= 0.3 is 0 Å². The Morgan fingerprint density at radius 1 is 0.761 bits per heavy atom. The molecule has 1 aliphatic rings.